The van der Waals surface area contributed by atoms with Crippen LogP contribution in [0.25, 0.3) is 0 Å². The van der Waals surface area contributed by atoms with Crippen molar-refractivity contribution in [3.8, 4) is 0 Å². The van der Waals surface area contributed by atoms with Crippen molar-refractivity contribution in [3.63, 3.8) is 0 Å². The molecule has 2 nitrogen and oxygen atoms in total. The molecule has 0 aliphatic carbocycles. The van der Waals surface area contributed by atoms with Crippen LogP contribution < -0.4 is 0 Å². The average molecular weight is 223 g/mol. The zero-order chi connectivity index (χ0) is 8.39. The highest BCUT2D eigenvalue weighted by atomic mass is 79.9. The van der Waals surface area contributed by atoms with E-state index in [0.717, 1.165) is 16.0 Å². The van der Waals surface area contributed by atoms with Crippen LogP contribution in [0, 0.1) is 0 Å². The molecular weight excluding hydrogens is 216 g/mol. The van der Waals surface area contributed by atoms with Crippen LogP contribution in [0.15, 0.2) is 40.3 Å². The molecule has 12 heavy (non-hydrogen) atoms. The van der Waals surface area contributed by atoms with Gasteiger partial charge in [-0.3, -0.25) is 4.99 Å². The van der Waals surface area contributed by atoms with E-state index in [1.165, 1.54) is 0 Å². The number of benzene rings is 1. The van der Waals surface area contributed by atoms with Gasteiger partial charge < -0.3 is 0 Å². The van der Waals surface area contributed by atoms with Crippen molar-refractivity contribution in [1.29, 1.82) is 0 Å². The monoisotopic (exact) mass is 222 g/mol. The first-order chi connectivity index (χ1) is 5.86. The topological polar surface area (TPSA) is 24.7 Å². The summed E-state index contributed by atoms with van der Waals surface area (Å²) in [6, 6.07) is 9.97. The normalized spacial score (nSPS) is 15.8. The van der Waals surface area contributed by atoms with E-state index in [2.05, 4.69) is 25.9 Å². The fourth-order valence-corrected chi connectivity index (χ4v) is 1.36. The lowest BCUT2D eigenvalue weighted by molar-refractivity contribution is 1.35. The minimum atomic E-state index is 0.671. The van der Waals surface area contributed by atoms with E-state index in [9.17, 15) is 0 Å². The zero-order valence-corrected chi connectivity index (χ0v) is 7.95. The minimum absolute atomic E-state index is 0.671. The maximum Gasteiger partial charge on any atom is 0.155 e. The number of hydrogen-bond donors (Lipinski definition) is 0. The van der Waals surface area contributed by atoms with Crippen LogP contribution in [0.2, 0.25) is 0 Å². The SMILES string of the molecule is BrC1=NC(c2ccccc2)=NC1. The second-order valence-electron chi connectivity index (χ2n) is 2.49. The Bertz CT molecular complexity index is 341. The third kappa shape index (κ3) is 1.46. The van der Waals surface area contributed by atoms with Crippen molar-refractivity contribution in [1.82, 2.24) is 0 Å². The molecule has 1 aromatic rings. The van der Waals surface area contributed by atoms with Crippen molar-refractivity contribution < 1.29 is 0 Å². The lowest BCUT2D eigenvalue weighted by Crippen LogP contribution is -1.92. The molecule has 2 rings (SSSR count). The van der Waals surface area contributed by atoms with Gasteiger partial charge in [-0.05, 0) is 15.9 Å². The molecule has 0 aromatic heterocycles. The average Bonchev–Trinajstić information content (AvgIpc) is 2.54. The summed E-state index contributed by atoms with van der Waals surface area (Å²) in [5, 5.41) is 0. The van der Waals surface area contributed by atoms with E-state index in [1.807, 2.05) is 30.3 Å². The summed E-state index contributed by atoms with van der Waals surface area (Å²) in [7, 11) is 0. The largest absolute Gasteiger partial charge is 0.259 e. The molecule has 1 aromatic carbocycles. The maximum atomic E-state index is 4.25. The lowest BCUT2D eigenvalue weighted by atomic mass is 10.2. The first-order valence-corrected chi connectivity index (χ1v) is 4.48. The van der Waals surface area contributed by atoms with Gasteiger partial charge in [0, 0.05) is 5.56 Å². The molecule has 1 aliphatic heterocycles. The van der Waals surface area contributed by atoms with Crippen LogP contribution in [0.5, 0.6) is 0 Å². The van der Waals surface area contributed by atoms with E-state index in [0.29, 0.717) is 6.54 Å². The summed E-state index contributed by atoms with van der Waals surface area (Å²) in [4.78, 5) is 8.50. The molecule has 3 heteroatoms. The van der Waals surface area contributed by atoms with Gasteiger partial charge >= 0.3 is 0 Å². The number of aliphatic imine (C=N–C) groups is 2. The summed E-state index contributed by atoms with van der Waals surface area (Å²) in [5.41, 5.74) is 1.08. The van der Waals surface area contributed by atoms with E-state index in [-0.39, 0.29) is 0 Å². The van der Waals surface area contributed by atoms with Crippen LogP contribution in [0.1, 0.15) is 5.56 Å². The van der Waals surface area contributed by atoms with Crippen molar-refractivity contribution in [2.24, 2.45) is 9.98 Å². The predicted molar refractivity (Wildman–Crippen MR) is 54.2 cm³/mol. The highest BCUT2D eigenvalue weighted by Gasteiger charge is 2.08. The molecule has 0 bridgehead atoms. The molecule has 1 aliphatic rings. The van der Waals surface area contributed by atoms with Crippen molar-refractivity contribution in [3.05, 3.63) is 35.9 Å². The molecule has 0 N–H and O–H groups in total. The molecule has 0 saturated heterocycles. The second kappa shape index (κ2) is 3.19. The van der Waals surface area contributed by atoms with Crippen LogP contribution >= 0.6 is 15.9 Å². The van der Waals surface area contributed by atoms with Gasteiger partial charge in [0.2, 0.25) is 0 Å². The van der Waals surface area contributed by atoms with Gasteiger partial charge in [-0.15, -0.1) is 0 Å². The third-order valence-corrected chi connectivity index (χ3v) is 2.05. The quantitative estimate of drug-likeness (QED) is 0.697. The molecule has 0 spiro atoms. The van der Waals surface area contributed by atoms with E-state index < -0.39 is 0 Å². The Labute approximate surface area is 79.2 Å². The van der Waals surface area contributed by atoms with Gasteiger partial charge in [0.05, 0.1) is 6.54 Å². The summed E-state index contributed by atoms with van der Waals surface area (Å²) in [5.74, 6) is 0.822. The third-order valence-electron chi connectivity index (χ3n) is 1.62. The van der Waals surface area contributed by atoms with Crippen LogP contribution in [0.3, 0.4) is 0 Å². The Morgan fingerprint density at radius 1 is 1.17 bits per heavy atom. The summed E-state index contributed by atoms with van der Waals surface area (Å²) in [6.45, 7) is 0.671. The Balaban J connectivity index is 2.34. The number of hydrogen-bond acceptors (Lipinski definition) is 2. The molecule has 60 valence electrons. The van der Waals surface area contributed by atoms with Crippen LogP contribution in [0.4, 0.5) is 0 Å². The maximum absolute atomic E-state index is 4.25. The number of halogens is 1. The number of rotatable bonds is 1. The summed E-state index contributed by atoms with van der Waals surface area (Å²) < 4.78 is 0.904. The molecule has 0 radical (unpaired) electrons. The van der Waals surface area contributed by atoms with Gasteiger partial charge in [-0.1, -0.05) is 30.3 Å². The first kappa shape index (κ1) is 7.68. The Hall–Kier alpha value is -0.960. The number of nitrogens with zero attached hydrogens (tertiary/aromatic N) is 2. The highest BCUT2D eigenvalue weighted by Crippen LogP contribution is 2.09. The van der Waals surface area contributed by atoms with Crippen LogP contribution in [-0.4, -0.2) is 17.0 Å². The zero-order valence-electron chi connectivity index (χ0n) is 6.37. The van der Waals surface area contributed by atoms with Gasteiger partial charge in [0.15, 0.2) is 5.84 Å². The van der Waals surface area contributed by atoms with Crippen molar-refractivity contribution in [2.45, 2.75) is 0 Å². The van der Waals surface area contributed by atoms with Gasteiger partial charge in [-0.25, -0.2) is 4.99 Å². The smallest absolute Gasteiger partial charge is 0.155 e. The Morgan fingerprint density at radius 3 is 2.50 bits per heavy atom. The first-order valence-electron chi connectivity index (χ1n) is 3.69. The Kier molecular flexibility index (Phi) is 2.04. The highest BCUT2D eigenvalue weighted by molar-refractivity contribution is 9.18. The summed E-state index contributed by atoms with van der Waals surface area (Å²) >= 11 is 3.31. The summed E-state index contributed by atoms with van der Waals surface area (Å²) in [6.07, 6.45) is 0. The van der Waals surface area contributed by atoms with E-state index >= 15 is 0 Å². The van der Waals surface area contributed by atoms with E-state index in [1.54, 1.807) is 0 Å². The van der Waals surface area contributed by atoms with Gasteiger partial charge in [0.25, 0.3) is 0 Å². The molecule has 0 unspecified atom stereocenters. The molecule has 0 fully saturated rings. The molecule has 0 amide bonds. The molecular formula is C9H7BrN2. The molecule has 0 saturated carbocycles. The lowest BCUT2D eigenvalue weighted by Gasteiger charge is -1.94. The standard InChI is InChI=1S/C9H7BrN2/c10-8-6-11-9(12-8)7-4-2-1-3-5-7/h1-5H,6H2. The molecule has 1 heterocycles. The fraction of sp³-hybridized carbons (Fsp3) is 0.111. The fourth-order valence-electron chi connectivity index (χ4n) is 1.07. The van der Waals surface area contributed by atoms with E-state index in [4.69, 9.17) is 0 Å². The van der Waals surface area contributed by atoms with Crippen molar-refractivity contribution >= 4 is 26.4 Å². The Morgan fingerprint density at radius 2 is 1.92 bits per heavy atom. The van der Waals surface area contributed by atoms with Crippen molar-refractivity contribution in [2.75, 3.05) is 6.54 Å². The number of amidine groups is 1. The predicted octanol–water partition coefficient (Wildman–Crippen LogP) is 2.24. The van der Waals surface area contributed by atoms with Crippen LogP contribution in [-0.2, 0) is 0 Å². The van der Waals surface area contributed by atoms with Gasteiger partial charge in [-0.2, -0.15) is 0 Å². The van der Waals surface area contributed by atoms with Gasteiger partial charge in [0.1, 0.15) is 4.62 Å². The second-order valence-corrected chi connectivity index (χ2v) is 3.41. The molecule has 0 atom stereocenters. The minimum Gasteiger partial charge on any atom is -0.259 e.